The van der Waals surface area contributed by atoms with E-state index in [1.807, 2.05) is 0 Å². The summed E-state index contributed by atoms with van der Waals surface area (Å²) in [6.45, 7) is 1.69. The Morgan fingerprint density at radius 1 is 0.846 bits per heavy atom. The molecular weight excluding hydrogens is 352 g/mol. The molecule has 0 heterocycles. The average molecular weight is 368 g/mol. The second kappa shape index (κ2) is 7.13. The lowest BCUT2D eigenvalue weighted by atomic mass is 9.82. The van der Waals surface area contributed by atoms with Crippen LogP contribution in [-0.2, 0) is 9.59 Å². The highest BCUT2D eigenvalue weighted by atomic mass is 32.1. The number of carbonyl (C=O) groups excluding carboxylic acids is 4. The van der Waals surface area contributed by atoms with Crippen molar-refractivity contribution >= 4 is 47.4 Å². The Labute approximate surface area is 155 Å². The third kappa shape index (κ3) is 3.01. The largest absolute Gasteiger partial charge is 0.325 e. The van der Waals surface area contributed by atoms with Crippen LogP contribution in [0.2, 0.25) is 0 Å². The van der Waals surface area contributed by atoms with Gasteiger partial charge in [-0.2, -0.15) is 12.6 Å². The van der Waals surface area contributed by atoms with Crippen LogP contribution in [0.25, 0.3) is 0 Å². The number of fused-ring (bicyclic) bond motifs is 2. The van der Waals surface area contributed by atoms with Crippen LogP contribution >= 0.6 is 12.6 Å². The molecule has 6 nitrogen and oxygen atoms in total. The zero-order valence-corrected chi connectivity index (χ0v) is 14.9. The third-order valence-corrected chi connectivity index (χ3v) is 4.38. The monoisotopic (exact) mass is 368 g/mol. The minimum atomic E-state index is -0.403. The molecule has 0 spiro atoms. The maximum absolute atomic E-state index is 13.0. The fourth-order valence-electron chi connectivity index (χ4n) is 2.86. The maximum atomic E-state index is 13.0. The number of thiol groups is 1. The van der Waals surface area contributed by atoms with Crippen molar-refractivity contribution in [2.45, 2.75) is 13.3 Å². The van der Waals surface area contributed by atoms with E-state index >= 15 is 0 Å². The highest BCUT2D eigenvalue weighted by molar-refractivity contribution is 7.81. The maximum Gasteiger partial charge on any atom is 0.234 e. The minimum absolute atomic E-state index is 0.0676. The van der Waals surface area contributed by atoms with E-state index in [0.717, 1.165) is 0 Å². The van der Waals surface area contributed by atoms with E-state index in [-0.39, 0.29) is 63.3 Å². The van der Waals surface area contributed by atoms with Crippen molar-refractivity contribution in [1.82, 2.24) is 0 Å². The summed E-state index contributed by atoms with van der Waals surface area (Å²) in [5.74, 6) is -1.50. The molecule has 0 aromatic heterocycles. The third-order valence-electron chi connectivity index (χ3n) is 4.09. The Balaban J connectivity index is 2.23. The number of anilines is 2. The van der Waals surface area contributed by atoms with Gasteiger partial charge < -0.3 is 10.6 Å². The molecule has 2 aromatic carbocycles. The molecule has 0 radical (unpaired) electrons. The van der Waals surface area contributed by atoms with Gasteiger partial charge in [0.15, 0.2) is 11.6 Å². The molecule has 1 aliphatic carbocycles. The van der Waals surface area contributed by atoms with E-state index in [9.17, 15) is 19.2 Å². The molecule has 26 heavy (non-hydrogen) atoms. The first-order valence-electron chi connectivity index (χ1n) is 8.03. The number of carbonyl (C=O) groups is 4. The van der Waals surface area contributed by atoms with Gasteiger partial charge in [-0.15, -0.1) is 0 Å². The molecule has 0 fully saturated rings. The van der Waals surface area contributed by atoms with Crippen molar-refractivity contribution in [3.63, 3.8) is 0 Å². The van der Waals surface area contributed by atoms with Crippen LogP contribution in [0.15, 0.2) is 36.4 Å². The summed E-state index contributed by atoms with van der Waals surface area (Å²) < 4.78 is 0. The number of hydrogen-bond donors (Lipinski definition) is 3. The summed E-state index contributed by atoms with van der Waals surface area (Å²) in [4.78, 5) is 49.6. The number of rotatable bonds is 4. The molecule has 0 aliphatic heterocycles. The zero-order valence-electron chi connectivity index (χ0n) is 14.0. The molecule has 2 N–H and O–H groups in total. The molecule has 0 unspecified atom stereocenters. The summed E-state index contributed by atoms with van der Waals surface area (Å²) in [6, 6.07) is 9.50. The first-order valence-corrected chi connectivity index (χ1v) is 8.67. The average Bonchev–Trinajstić information content (AvgIpc) is 2.66. The predicted molar refractivity (Wildman–Crippen MR) is 101 cm³/mol. The molecule has 0 bridgehead atoms. The van der Waals surface area contributed by atoms with Gasteiger partial charge in [-0.3, -0.25) is 19.2 Å². The van der Waals surface area contributed by atoms with E-state index in [2.05, 4.69) is 23.3 Å². The molecule has 2 aromatic rings. The highest BCUT2D eigenvalue weighted by Gasteiger charge is 2.34. The van der Waals surface area contributed by atoms with Gasteiger partial charge in [0, 0.05) is 17.5 Å². The van der Waals surface area contributed by atoms with E-state index in [1.54, 1.807) is 31.2 Å². The van der Waals surface area contributed by atoms with Crippen LogP contribution in [0.5, 0.6) is 0 Å². The van der Waals surface area contributed by atoms with Gasteiger partial charge in [-0.25, -0.2) is 0 Å². The van der Waals surface area contributed by atoms with Crippen molar-refractivity contribution in [2.24, 2.45) is 0 Å². The molecule has 0 atom stereocenters. The molecule has 132 valence electrons. The molecule has 1 aliphatic rings. The summed E-state index contributed by atoms with van der Waals surface area (Å²) in [6.07, 6.45) is 0.228. The van der Waals surface area contributed by atoms with Crippen LogP contribution in [0.3, 0.4) is 0 Å². The molecule has 0 saturated carbocycles. The Morgan fingerprint density at radius 3 is 1.73 bits per heavy atom. The topological polar surface area (TPSA) is 92.3 Å². The molecular formula is C19H16N2O4S. The normalized spacial score (nSPS) is 12.2. The first kappa shape index (κ1) is 17.9. The van der Waals surface area contributed by atoms with Gasteiger partial charge in [-0.05, 0) is 12.1 Å². The first-order chi connectivity index (χ1) is 12.5. The van der Waals surface area contributed by atoms with E-state index in [1.165, 1.54) is 12.1 Å². The van der Waals surface area contributed by atoms with Gasteiger partial charge in [0.05, 0.1) is 28.3 Å². The Hall–Kier alpha value is -2.93. The van der Waals surface area contributed by atoms with E-state index in [0.29, 0.717) is 0 Å². The summed E-state index contributed by atoms with van der Waals surface area (Å²) in [7, 11) is 0. The lowest BCUT2D eigenvalue weighted by molar-refractivity contribution is -0.116. The van der Waals surface area contributed by atoms with Crippen molar-refractivity contribution < 1.29 is 19.2 Å². The van der Waals surface area contributed by atoms with Crippen molar-refractivity contribution in [3.05, 3.63) is 58.7 Å². The van der Waals surface area contributed by atoms with Crippen molar-refractivity contribution in [1.29, 1.82) is 0 Å². The fourth-order valence-corrected chi connectivity index (χ4v) is 2.94. The van der Waals surface area contributed by atoms with Crippen LogP contribution in [0.4, 0.5) is 11.4 Å². The molecule has 0 saturated heterocycles. The van der Waals surface area contributed by atoms with Gasteiger partial charge >= 0.3 is 0 Å². The van der Waals surface area contributed by atoms with Gasteiger partial charge in [0.25, 0.3) is 0 Å². The van der Waals surface area contributed by atoms with Crippen LogP contribution < -0.4 is 10.6 Å². The summed E-state index contributed by atoms with van der Waals surface area (Å²) >= 11 is 3.91. The summed E-state index contributed by atoms with van der Waals surface area (Å²) in [5.41, 5.74) is 1.19. The zero-order chi connectivity index (χ0) is 18.8. The van der Waals surface area contributed by atoms with E-state index < -0.39 is 5.91 Å². The molecule has 3 rings (SSSR count). The minimum Gasteiger partial charge on any atom is -0.325 e. The highest BCUT2D eigenvalue weighted by Crippen LogP contribution is 2.36. The van der Waals surface area contributed by atoms with Crippen molar-refractivity contribution in [3.8, 4) is 0 Å². The smallest absolute Gasteiger partial charge is 0.234 e. The number of benzene rings is 2. The summed E-state index contributed by atoms with van der Waals surface area (Å²) in [5, 5.41) is 5.25. The number of nitrogens with one attached hydrogen (secondary N) is 2. The van der Waals surface area contributed by atoms with Gasteiger partial charge in [0.2, 0.25) is 11.8 Å². The second-order valence-corrected chi connectivity index (χ2v) is 6.04. The fraction of sp³-hybridized carbons (Fsp3) is 0.158. The van der Waals surface area contributed by atoms with E-state index in [4.69, 9.17) is 0 Å². The lowest BCUT2D eigenvalue weighted by Gasteiger charge is -2.23. The Bertz CT molecular complexity index is 877. The number of ketones is 2. The SMILES string of the molecule is CCC(=O)Nc1ccc(NC(=O)CS)c2c1C(=O)c1ccccc1C2=O. The molecule has 2 amide bonds. The van der Waals surface area contributed by atoms with Crippen LogP contribution in [-0.4, -0.2) is 29.1 Å². The Kier molecular flexibility index (Phi) is 4.90. The second-order valence-electron chi connectivity index (χ2n) is 5.72. The lowest BCUT2D eigenvalue weighted by Crippen LogP contribution is -2.26. The standard InChI is InChI=1S/C19H16N2O4S/c1-2-14(22)20-12-7-8-13(21-15(23)9-26)17-16(12)18(24)10-5-3-4-6-11(10)19(17)25/h3-8,26H,2,9H2,1H3,(H,20,22)(H,21,23). The predicted octanol–water partition coefficient (Wildman–Crippen LogP) is 2.68. The van der Waals surface area contributed by atoms with Gasteiger partial charge in [-0.1, -0.05) is 31.2 Å². The molecule has 7 heteroatoms. The number of amides is 2. The van der Waals surface area contributed by atoms with Crippen LogP contribution in [0.1, 0.15) is 45.2 Å². The van der Waals surface area contributed by atoms with Crippen LogP contribution in [0, 0.1) is 0 Å². The van der Waals surface area contributed by atoms with Crippen molar-refractivity contribution in [2.75, 3.05) is 16.4 Å². The number of hydrogen-bond acceptors (Lipinski definition) is 5. The Morgan fingerprint density at radius 2 is 1.31 bits per heavy atom. The quantitative estimate of drug-likeness (QED) is 0.618. The van der Waals surface area contributed by atoms with Gasteiger partial charge in [0.1, 0.15) is 0 Å².